The molecule has 7 nitrogen and oxygen atoms in total. The zero-order valence-electron chi connectivity index (χ0n) is 19.6. The number of rotatable bonds is 6. The van der Waals surface area contributed by atoms with Crippen LogP contribution in [0.2, 0.25) is 5.02 Å². The largest absolute Gasteiger partial charge is 0.355 e. The van der Waals surface area contributed by atoms with Crippen LogP contribution in [0.3, 0.4) is 0 Å². The van der Waals surface area contributed by atoms with Gasteiger partial charge in [-0.15, -0.1) is 11.3 Å². The Labute approximate surface area is 217 Å². The van der Waals surface area contributed by atoms with Crippen LogP contribution in [0, 0.1) is 0 Å². The molecule has 1 saturated heterocycles. The molecule has 2 amide bonds. The van der Waals surface area contributed by atoms with Crippen molar-refractivity contribution >= 4 is 45.7 Å². The third-order valence-electron chi connectivity index (χ3n) is 6.84. The predicted molar refractivity (Wildman–Crippen MR) is 140 cm³/mol. The second-order valence-electron chi connectivity index (χ2n) is 9.40. The van der Waals surface area contributed by atoms with Crippen LogP contribution in [0.15, 0.2) is 53.1 Å². The molecule has 184 valence electrons. The second-order valence-corrected chi connectivity index (χ2v) is 10.9. The van der Waals surface area contributed by atoms with Gasteiger partial charge in [-0.1, -0.05) is 41.0 Å². The minimum atomic E-state index is -0.304. The van der Waals surface area contributed by atoms with Gasteiger partial charge < -0.3 is 14.7 Å². The molecule has 4 aromatic rings. The molecule has 36 heavy (non-hydrogen) atoms. The lowest BCUT2D eigenvalue weighted by atomic mass is 10.0. The van der Waals surface area contributed by atoms with Gasteiger partial charge in [0.2, 0.25) is 0 Å². The number of carbonyl (C=O) groups is 2. The average Bonchev–Trinajstić information content (AvgIpc) is 3.51. The van der Waals surface area contributed by atoms with Gasteiger partial charge in [-0.05, 0) is 61.9 Å². The van der Waals surface area contributed by atoms with Crippen molar-refractivity contribution in [1.29, 1.82) is 0 Å². The number of likely N-dealkylation sites (tertiary alicyclic amines) is 1. The molecular formula is C27H25ClN4O3S. The molecule has 1 atom stereocenters. The lowest BCUT2D eigenvalue weighted by Crippen LogP contribution is -2.49. The van der Waals surface area contributed by atoms with E-state index in [0.717, 1.165) is 47.6 Å². The Kier molecular flexibility index (Phi) is 6.23. The molecule has 0 unspecified atom stereocenters. The number of aromatic nitrogens is 2. The Morgan fingerprint density at radius 1 is 1.08 bits per heavy atom. The number of benzene rings is 2. The Balaban J connectivity index is 1.24. The number of amides is 2. The first-order valence-corrected chi connectivity index (χ1v) is 13.5. The number of fused-ring (bicyclic) bond motifs is 1. The maximum atomic E-state index is 13.9. The Morgan fingerprint density at radius 3 is 2.78 bits per heavy atom. The number of piperidine rings is 1. The van der Waals surface area contributed by atoms with Gasteiger partial charge in [-0.2, -0.15) is 0 Å². The van der Waals surface area contributed by atoms with Gasteiger partial charge >= 0.3 is 0 Å². The summed E-state index contributed by atoms with van der Waals surface area (Å²) in [7, 11) is 0. The zero-order chi connectivity index (χ0) is 24.6. The summed E-state index contributed by atoms with van der Waals surface area (Å²) in [4.78, 5) is 34.4. The quantitative estimate of drug-likeness (QED) is 0.341. The fraction of sp³-hybridized carbons (Fsp3) is 0.333. The van der Waals surface area contributed by atoms with Gasteiger partial charge in [0.15, 0.2) is 11.3 Å². The van der Waals surface area contributed by atoms with Gasteiger partial charge in [0.05, 0.1) is 15.3 Å². The normalized spacial score (nSPS) is 17.9. The molecule has 2 aromatic carbocycles. The molecule has 3 heterocycles. The first-order valence-electron chi connectivity index (χ1n) is 12.3. The zero-order valence-corrected chi connectivity index (χ0v) is 21.1. The Bertz CT molecular complexity index is 1440. The molecule has 2 fully saturated rings. The number of carbonyl (C=O) groups excluding carboxylic acids is 2. The van der Waals surface area contributed by atoms with Crippen LogP contribution in [0.4, 0.5) is 0 Å². The van der Waals surface area contributed by atoms with Crippen LogP contribution in [-0.2, 0) is 0 Å². The fourth-order valence-corrected chi connectivity index (χ4v) is 6.19. The first-order chi connectivity index (χ1) is 17.6. The monoisotopic (exact) mass is 520 g/mol. The molecule has 0 radical (unpaired) electrons. The number of nitrogens with zero attached hydrogens (tertiary/aromatic N) is 3. The number of hydrogen-bond acceptors (Lipinski definition) is 6. The first kappa shape index (κ1) is 23.2. The van der Waals surface area contributed by atoms with Crippen LogP contribution in [0.1, 0.15) is 64.0 Å². The summed E-state index contributed by atoms with van der Waals surface area (Å²) in [6.07, 6.45) is 4.98. The van der Waals surface area contributed by atoms with E-state index in [0.29, 0.717) is 40.7 Å². The van der Waals surface area contributed by atoms with Gasteiger partial charge in [0, 0.05) is 30.1 Å². The van der Waals surface area contributed by atoms with E-state index in [1.54, 1.807) is 17.4 Å². The highest BCUT2D eigenvalue weighted by Gasteiger charge is 2.34. The number of halogens is 1. The van der Waals surface area contributed by atoms with E-state index in [9.17, 15) is 9.59 Å². The van der Waals surface area contributed by atoms with Crippen molar-refractivity contribution < 1.29 is 14.1 Å². The Morgan fingerprint density at radius 2 is 1.94 bits per heavy atom. The highest BCUT2D eigenvalue weighted by molar-refractivity contribution is 7.15. The van der Waals surface area contributed by atoms with Crippen LogP contribution >= 0.6 is 22.9 Å². The molecule has 2 aromatic heterocycles. The topological polar surface area (TPSA) is 88.3 Å². The van der Waals surface area contributed by atoms with E-state index in [1.807, 2.05) is 47.4 Å². The lowest BCUT2D eigenvalue weighted by molar-refractivity contribution is 0.0597. The van der Waals surface area contributed by atoms with Crippen LogP contribution in [0.5, 0.6) is 0 Å². The summed E-state index contributed by atoms with van der Waals surface area (Å²) in [6, 6.07) is 14.8. The van der Waals surface area contributed by atoms with E-state index >= 15 is 0 Å². The highest BCUT2D eigenvalue weighted by Crippen LogP contribution is 2.45. The molecular weight excluding hydrogens is 496 g/mol. The van der Waals surface area contributed by atoms with Gasteiger partial charge in [0.25, 0.3) is 11.8 Å². The van der Waals surface area contributed by atoms with Crippen molar-refractivity contribution in [2.45, 2.75) is 44.1 Å². The molecule has 0 spiro atoms. The molecule has 2 aliphatic rings. The van der Waals surface area contributed by atoms with Crippen LogP contribution < -0.4 is 5.32 Å². The van der Waals surface area contributed by atoms with Crippen molar-refractivity contribution in [3.05, 3.63) is 69.9 Å². The average molecular weight is 521 g/mol. The second kappa shape index (κ2) is 9.67. The van der Waals surface area contributed by atoms with E-state index in [2.05, 4.69) is 10.5 Å². The third-order valence-corrected chi connectivity index (χ3v) is 8.34. The molecule has 1 aliphatic heterocycles. The maximum absolute atomic E-state index is 13.9. The smallest absolute Gasteiger partial charge is 0.274 e. The van der Waals surface area contributed by atoms with Crippen molar-refractivity contribution in [3.8, 4) is 10.4 Å². The summed E-state index contributed by atoms with van der Waals surface area (Å²) in [6.45, 7) is 0.982. The molecule has 1 aliphatic carbocycles. The standard InChI is InChI=1S/C27H25ClN4O3S/c28-18-7-5-6-17(14-18)24-23(30-26(36-24)16-11-12-16)27(34)32-13-4-3-8-19(32)15-29-25(33)22-20-9-1-2-10-21(20)35-31-22/h1-2,5-7,9-10,14,16,19H,3-4,8,11-13,15H2,(H,29,33)/t19-/m0/s1. The number of para-hydroxylation sites is 1. The highest BCUT2D eigenvalue weighted by atomic mass is 35.5. The minimum absolute atomic E-state index is 0.0843. The van der Waals surface area contributed by atoms with Crippen LogP contribution in [0.25, 0.3) is 21.4 Å². The summed E-state index contributed by atoms with van der Waals surface area (Å²) >= 11 is 7.86. The summed E-state index contributed by atoms with van der Waals surface area (Å²) in [5, 5.41) is 9.26. The molecule has 1 saturated carbocycles. The maximum Gasteiger partial charge on any atom is 0.274 e. The molecule has 1 N–H and O–H groups in total. The van der Waals surface area contributed by atoms with E-state index in [-0.39, 0.29) is 23.6 Å². The summed E-state index contributed by atoms with van der Waals surface area (Å²) in [5.74, 6) is 0.0596. The molecule has 6 rings (SSSR count). The van der Waals surface area contributed by atoms with Crippen molar-refractivity contribution in [2.24, 2.45) is 0 Å². The van der Waals surface area contributed by atoms with Crippen molar-refractivity contribution in [3.63, 3.8) is 0 Å². The summed E-state index contributed by atoms with van der Waals surface area (Å²) in [5.41, 5.74) is 2.23. The van der Waals surface area contributed by atoms with Gasteiger partial charge in [-0.3, -0.25) is 9.59 Å². The summed E-state index contributed by atoms with van der Waals surface area (Å²) < 4.78 is 5.28. The molecule has 9 heteroatoms. The number of nitrogens with one attached hydrogen (secondary N) is 1. The lowest BCUT2D eigenvalue weighted by Gasteiger charge is -2.35. The molecule has 0 bridgehead atoms. The van der Waals surface area contributed by atoms with Crippen molar-refractivity contribution in [2.75, 3.05) is 13.1 Å². The van der Waals surface area contributed by atoms with Crippen LogP contribution in [-0.4, -0.2) is 46.0 Å². The van der Waals surface area contributed by atoms with Crippen molar-refractivity contribution in [1.82, 2.24) is 20.4 Å². The minimum Gasteiger partial charge on any atom is -0.355 e. The van der Waals surface area contributed by atoms with Gasteiger partial charge in [-0.25, -0.2) is 4.98 Å². The third kappa shape index (κ3) is 4.51. The predicted octanol–water partition coefficient (Wildman–Crippen LogP) is 5.91. The Hall–Kier alpha value is -3.23. The SMILES string of the molecule is O=C(NC[C@@H]1CCCCN1C(=O)c1nc(C2CC2)sc1-c1cccc(Cl)c1)c1noc2ccccc12. The van der Waals surface area contributed by atoms with E-state index < -0.39 is 0 Å². The van der Waals surface area contributed by atoms with E-state index in [4.69, 9.17) is 21.1 Å². The van der Waals surface area contributed by atoms with Gasteiger partial charge in [0.1, 0.15) is 5.69 Å². The number of thiazole rings is 1. The number of hydrogen-bond donors (Lipinski definition) is 1. The van der Waals surface area contributed by atoms with E-state index in [1.165, 1.54) is 0 Å². The fourth-order valence-electron chi connectivity index (χ4n) is 4.77.